The van der Waals surface area contributed by atoms with Crippen LogP contribution >= 0.6 is 0 Å². The average Bonchev–Trinajstić information content (AvgIpc) is 3.33. The molecule has 134 valence electrons. The maximum absolute atomic E-state index is 12.9. The average molecular weight is 340 g/mol. The fourth-order valence-corrected chi connectivity index (χ4v) is 3.21. The molecule has 5 nitrogen and oxygen atoms in total. The monoisotopic (exact) mass is 340 g/mol. The first-order chi connectivity index (χ1) is 12.0. The van der Waals surface area contributed by atoms with Gasteiger partial charge in [0.25, 0.3) is 5.91 Å². The van der Waals surface area contributed by atoms with Crippen molar-refractivity contribution in [1.29, 1.82) is 0 Å². The Hall–Kier alpha value is -2.14. The van der Waals surface area contributed by atoms with E-state index in [9.17, 15) is 4.79 Å². The molecule has 0 unspecified atom stereocenters. The van der Waals surface area contributed by atoms with Crippen LogP contribution in [-0.4, -0.2) is 47.3 Å². The predicted octanol–water partition coefficient (Wildman–Crippen LogP) is 3.07. The van der Waals surface area contributed by atoms with Crippen molar-refractivity contribution in [3.05, 3.63) is 47.8 Å². The lowest BCUT2D eigenvalue weighted by Gasteiger charge is -2.28. The van der Waals surface area contributed by atoms with Gasteiger partial charge in [0, 0.05) is 18.5 Å². The Kier molecular flexibility index (Phi) is 5.23. The number of benzene rings is 1. The van der Waals surface area contributed by atoms with Crippen LogP contribution in [0.3, 0.4) is 0 Å². The molecule has 3 rings (SSSR count). The number of likely N-dealkylation sites (N-methyl/N-ethyl adjacent to an activating group) is 1. The zero-order valence-electron chi connectivity index (χ0n) is 15.6. The molecule has 1 amide bonds. The Morgan fingerprint density at radius 1 is 1.28 bits per heavy atom. The van der Waals surface area contributed by atoms with Crippen molar-refractivity contribution in [2.45, 2.75) is 38.6 Å². The maximum atomic E-state index is 12.9. The van der Waals surface area contributed by atoms with Gasteiger partial charge in [-0.2, -0.15) is 5.10 Å². The van der Waals surface area contributed by atoms with Crippen molar-refractivity contribution >= 4 is 5.91 Å². The van der Waals surface area contributed by atoms with E-state index in [4.69, 9.17) is 5.10 Å². The molecule has 0 aliphatic heterocycles. The van der Waals surface area contributed by atoms with E-state index < -0.39 is 0 Å². The van der Waals surface area contributed by atoms with Gasteiger partial charge in [0.15, 0.2) is 0 Å². The number of carbonyl (C=O) groups excluding carboxylic acids is 1. The summed E-state index contributed by atoms with van der Waals surface area (Å²) in [6, 6.07) is 12.1. The molecule has 1 aliphatic carbocycles. The van der Waals surface area contributed by atoms with Crippen molar-refractivity contribution in [2.75, 3.05) is 20.6 Å². The molecule has 1 heterocycles. The first kappa shape index (κ1) is 17.7. The van der Waals surface area contributed by atoms with Gasteiger partial charge >= 0.3 is 0 Å². The fourth-order valence-electron chi connectivity index (χ4n) is 3.21. The van der Waals surface area contributed by atoms with E-state index in [0.29, 0.717) is 30.1 Å². The van der Waals surface area contributed by atoms with Gasteiger partial charge in [-0.1, -0.05) is 32.0 Å². The summed E-state index contributed by atoms with van der Waals surface area (Å²) >= 11 is 0. The summed E-state index contributed by atoms with van der Waals surface area (Å²) < 4.78 is 1.78. The topological polar surface area (TPSA) is 50.2 Å². The van der Waals surface area contributed by atoms with Gasteiger partial charge in [-0.3, -0.25) is 4.79 Å². The lowest BCUT2D eigenvalue weighted by atomic mass is 10.0. The van der Waals surface area contributed by atoms with Crippen molar-refractivity contribution in [1.82, 2.24) is 20.0 Å². The minimum atomic E-state index is -0.0595. The molecule has 1 atom stereocenters. The molecular weight excluding hydrogens is 312 g/mol. The molecule has 1 aliphatic rings. The van der Waals surface area contributed by atoms with Crippen LogP contribution in [0.1, 0.15) is 48.8 Å². The molecule has 5 heteroatoms. The van der Waals surface area contributed by atoms with E-state index in [1.165, 1.54) is 12.8 Å². The summed E-state index contributed by atoms with van der Waals surface area (Å²) in [6.07, 6.45) is 2.34. The van der Waals surface area contributed by atoms with Crippen molar-refractivity contribution < 1.29 is 4.79 Å². The van der Waals surface area contributed by atoms with Gasteiger partial charge in [-0.05, 0) is 51.1 Å². The molecule has 1 N–H and O–H groups in total. The van der Waals surface area contributed by atoms with Crippen LogP contribution in [0.15, 0.2) is 36.4 Å². The third-order valence-corrected chi connectivity index (χ3v) is 4.86. The number of rotatable bonds is 7. The van der Waals surface area contributed by atoms with E-state index in [2.05, 4.69) is 38.2 Å². The molecule has 1 aromatic carbocycles. The molecule has 1 fully saturated rings. The lowest BCUT2D eigenvalue weighted by Crippen LogP contribution is -2.43. The molecule has 0 radical (unpaired) electrons. The Balaban J connectivity index is 1.82. The molecule has 0 spiro atoms. The molecule has 1 saturated carbocycles. The highest BCUT2D eigenvalue weighted by molar-refractivity contribution is 5.93. The van der Waals surface area contributed by atoms with Gasteiger partial charge in [-0.15, -0.1) is 0 Å². The Bertz CT molecular complexity index is 709. The first-order valence-electron chi connectivity index (χ1n) is 9.07. The number of aromatic nitrogens is 2. The van der Waals surface area contributed by atoms with E-state index >= 15 is 0 Å². The van der Waals surface area contributed by atoms with Crippen LogP contribution in [0.2, 0.25) is 0 Å². The van der Waals surface area contributed by atoms with Gasteiger partial charge < -0.3 is 10.2 Å². The van der Waals surface area contributed by atoms with E-state index in [1.807, 2.05) is 36.4 Å². The van der Waals surface area contributed by atoms with Crippen LogP contribution in [0.5, 0.6) is 0 Å². The smallest absolute Gasteiger partial charge is 0.270 e. The van der Waals surface area contributed by atoms with Crippen LogP contribution in [0.25, 0.3) is 5.69 Å². The normalized spacial score (nSPS) is 15.6. The highest BCUT2D eigenvalue weighted by atomic mass is 16.2. The lowest BCUT2D eigenvalue weighted by molar-refractivity contribution is 0.0927. The second kappa shape index (κ2) is 7.40. The number of carbonyl (C=O) groups is 1. The zero-order chi connectivity index (χ0) is 18.0. The number of hydrogen-bond donors (Lipinski definition) is 1. The molecule has 0 bridgehead atoms. The second-order valence-electron chi connectivity index (χ2n) is 7.46. The molecule has 1 aromatic heterocycles. The summed E-state index contributed by atoms with van der Waals surface area (Å²) in [6.45, 7) is 4.98. The second-order valence-corrected chi connectivity index (χ2v) is 7.46. The van der Waals surface area contributed by atoms with Gasteiger partial charge in [-0.25, -0.2) is 4.68 Å². The van der Waals surface area contributed by atoms with E-state index in [-0.39, 0.29) is 5.91 Å². The van der Waals surface area contributed by atoms with Gasteiger partial charge in [0.2, 0.25) is 0 Å². The van der Waals surface area contributed by atoms with Crippen molar-refractivity contribution in [2.24, 2.45) is 5.92 Å². The van der Waals surface area contributed by atoms with Crippen LogP contribution in [0.4, 0.5) is 0 Å². The number of nitrogens with one attached hydrogen (secondary N) is 1. The van der Waals surface area contributed by atoms with Crippen molar-refractivity contribution in [3.8, 4) is 5.69 Å². The highest BCUT2D eigenvalue weighted by Crippen LogP contribution is 2.39. The highest BCUT2D eigenvalue weighted by Gasteiger charge is 2.29. The zero-order valence-corrected chi connectivity index (χ0v) is 15.6. The number of nitrogens with zero attached hydrogens (tertiary/aromatic N) is 3. The Morgan fingerprint density at radius 3 is 2.52 bits per heavy atom. The molecule has 0 saturated heterocycles. The SMILES string of the molecule is CC(C)[C@H](CNC(=O)c1cc(C2CC2)nn1-c1ccccc1)N(C)C. The number of amides is 1. The minimum Gasteiger partial charge on any atom is -0.349 e. The van der Waals surface area contributed by atoms with E-state index in [1.54, 1.807) is 4.68 Å². The van der Waals surface area contributed by atoms with Gasteiger partial charge in [0.1, 0.15) is 5.69 Å². The molecule has 25 heavy (non-hydrogen) atoms. The van der Waals surface area contributed by atoms with Crippen LogP contribution in [0, 0.1) is 5.92 Å². The first-order valence-corrected chi connectivity index (χ1v) is 9.07. The van der Waals surface area contributed by atoms with Crippen LogP contribution in [-0.2, 0) is 0 Å². The maximum Gasteiger partial charge on any atom is 0.270 e. The van der Waals surface area contributed by atoms with Crippen molar-refractivity contribution in [3.63, 3.8) is 0 Å². The van der Waals surface area contributed by atoms with Gasteiger partial charge in [0.05, 0.1) is 11.4 Å². The molecular formula is C20H28N4O. The fraction of sp³-hybridized carbons (Fsp3) is 0.500. The standard InChI is InChI=1S/C20H28N4O/c1-14(2)19(23(3)4)13-21-20(25)18-12-17(15-10-11-15)22-24(18)16-8-6-5-7-9-16/h5-9,12,14-15,19H,10-11,13H2,1-4H3,(H,21,25)/t19-/m0/s1. The Morgan fingerprint density at radius 2 is 1.96 bits per heavy atom. The Labute approximate surface area is 150 Å². The minimum absolute atomic E-state index is 0.0595. The predicted molar refractivity (Wildman–Crippen MR) is 100 cm³/mol. The van der Waals surface area contributed by atoms with E-state index in [0.717, 1.165) is 11.4 Å². The summed E-state index contributed by atoms with van der Waals surface area (Å²) in [5.41, 5.74) is 2.57. The summed E-state index contributed by atoms with van der Waals surface area (Å²) in [7, 11) is 4.10. The summed E-state index contributed by atoms with van der Waals surface area (Å²) in [4.78, 5) is 15.0. The molecule has 2 aromatic rings. The van der Waals surface area contributed by atoms with Crippen LogP contribution < -0.4 is 5.32 Å². The number of para-hydroxylation sites is 1. The summed E-state index contributed by atoms with van der Waals surface area (Å²) in [5, 5.41) is 7.81. The number of hydrogen-bond acceptors (Lipinski definition) is 3. The summed E-state index contributed by atoms with van der Waals surface area (Å²) in [5.74, 6) is 0.925. The largest absolute Gasteiger partial charge is 0.349 e. The third kappa shape index (κ3) is 4.10. The third-order valence-electron chi connectivity index (χ3n) is 4.86. The quantitative estimate of drug-likeness (QED) is 0.843.